The van der Waals surface area contributed by atoms with Crippen molar-refractivity contribution in [1.29, 1.82) is 0 Å². The van der Waals surface area contributed by atoms with Crippen LogP contribution in [0, 0.1) is 6.92 Å². The minimum atomic E-state index is -0.0944. The SMILES string of the molecule is Cc1ccc2nc(N(Cc3cccnc3)C(=O)C=Cc3cccs3)sc2c1. The molecule has 0 atom stereocenters. The molecule has 3 heterocycles. The number of pyridine rings is 1. The van der Waals surface area contributed by atoms with E-state index in [4.69, 9.17) is 0 Å². The molecule has 0 aliphatic carbocycles. The molecule has 0 saturated heterocycles. The van der Waals surface area contributed by atoms with E-state index in [-0.39, 0.29) is 5.91 Å². The Morgan fingerprint density at radius 3 is 2.93 bits per heavy atom. The second kappa shape index (κ2) is 7.82. The molecule has 0 spiro atoms. The van der Waals surface area contributed by atoms with E-state index < -0.39 is 0 Å². The zero-order valence-electron chi connectivity index (χ0n) is 14.7. The normalized spacial score (nSPS) is 11.3. The van der Waals surface area contributed by atoms with Crippen molar-refractivity contribution in [2.45, 2.75) is 13.5 Å². The number of hydrogen-bond acceptors (Lipinski definition) is 5. The van der Waals surface area contributed by atoms with Gasteiger partial charge < -0.3 is 0 Å². The lowest BCUT2D eigenvalue weighted by Gasteiger charge is -2.18. The van der Waals surface area contributed by atoms with E-state index in [1.807, 2.05) is 47.9 Å². The van der Waals surface area contributed by atoms with Gasteiger partial charge in [0, 0.05) is 23.3 Å². The molecule has 0 aliphatic heterocycles. The molecule has 4 rings (SSSR count). The van der Waals surface area contributed by atoms with Gasteiger partial charge in [0.15, 0.2) is 5.13 Å². The Morgan fingerprint density at radius 1 is 1.22 bits per heavy atom. The lowest BCUT2D eigenvalue weighted by Crippen LogP contribution is -2.28. The largest absolute Gasteiger partial charge is 0.280 e. The van der Waals surface area contributed by atoms with Gasteiger partial charge in [0.25, 0.3) is 5.91 Å². The molecule has 27 heavy (non-hydrogen) atoms. The summed E-state index contributed by atoms with van der Waals surface area (Å²) in [5.74, 6) is -0.0944. The fraction of sp³-hybridized carbons (Fsp3) is 0.0952. The third-order valence-corrected chi connectivity index (χ3v) is 5.91. The Balaban J connectivity index is 1.68. The first-order valence-electron chi connectivity index (χ1n) is 8.48. The molecule has 0 N–H and O–H groups in total. The van der Waals surface area contributed by atoms with E-state index in [0.29, 0.717) is 11.7 Å². The van der Waals surface area contributed by atoms with Crippen molar-refractivity contribution in [2.75, 3.05) is 4.90 Å². The molecule has 1 aromatic carbocycles. The Labute approximate surface area is 165 Å². The van der Waals surface area contributed by atoms with Gasteiger partial charge in [-0.05, 0) is 53.8 Å². The number of anilines is 1. The smallest absolute Gasteiger partial charge is 0.253 e. The van der Waals surface area contributed by atoms with Gasteiger partial charge in [0.1, 0.15) is 0 Å². The fourth-order valence-corrected chi connectivity index (χ4v) is 4.37. The van der Waals surface area contributed by atoms with Gasteiger partial charge in [-0.3, -0.25) is 14.7 Å². The van der Waals surface area contributed by atoms with Crippen molar-refractivity contribution >= 4 is 50.0 Å². The number of rotatable bonds is 5. The maximum Gasteiger partial charge on any atom is 0.253 e. The highest BCUT2D eigenvalue weighted by atomic mass is 32.1. The molecule has 6 heteroatoms. The van der Waals surface area contributed by atoms with Crippen LogP contribution in [-0.4, -0.2) is 15.9 Å². The van der Waals surface area contributed by atoms with Crippen LogP contribution in [0.15, 0.2) is 66.3 Å². The highest BCUT2D eigenvalue weighted by molar-refractivity contribution is 7.22. The van der Waals surface area contributed by atoms with Gasteiger partial charge in [-0.25, -0.2) is 4.98 Å². The van der Waals surface area contributed by atoms with Crippen LogP contribution in [0.25, 0.3) is 16.3 Å². The van der Waals surface area contributed by atoms with Gasteiger partial charge in [-0.1, -0.05) is 29.5 Å². The Kier molecular flexibility index (Phi) is 5.09. The number of carbonyl (C=O) groups excluding carboxylic acids is 1. The summed E-state index contributed by atoms with van der Waals surface area (Å²) in [5, 5.41) is 2.69. The molecular weight excluding hydrogens is 374 g/mol. The first-order chi connectivity index (χ1) is 13.2. The van der Waals surface area contributed by atoms with Crippen molar-refractivity contribution < 1.29 is 4.79 Å². The average Bonchev–Trinajstić information content (AvgIpc) is 3.34. The summed E-state index contributed by atoms with van der Waals surface area (Å²) < 4.78 is 1.08. The molecule has 0 bridgehead atoms. The number of amides is 1. The molecule has 0 fully saturated rings. The molecule has 4 aromatic rings. The molecule has 134 valence electrons. The van der Waals surface area contributed by atoms with Gasteiger partial charge in [-0.15, -0.1) is 11.3 Å². The third kappa shape index (κ3) is 4.13. The number of benzene rings is 1. The lowest BCUT2D eigenvalue weighted by molar-refractivity contribution is -0.114. The van der Waals surface area contributed by atoms with Crippen molar-refractivity contribution in [2.24, 2.45) is 0 Å². The number of fused-ring (bicyclic) bond motifs is 1. The zero-order chi connectivity index (χ0) is 18.6. The quantitative estimate of drug-likeness (QED) is 0.433. The topological polar surface area (TPSA) is 46.1 Å². The number of carbonyl (C=O) groups is 1. The van der Waals surface area contributed by atoms with Gasteiger partial charge in [0.05, 0.1) is 16.8 Å². The van der Waals surface area contributed by atoms with Crippen LogP contribution in [0.1, 0.15) is 16.0 Å². The van der Waals surface area contributed by atoms with Crippen molar-refractivity contribution in [3.8, 4) is 0 Å². The van der Waals surface area contributed by atoms with Crippen molar-refractivity contribution in [3.63, 3.8) is 0 Å². The number of thiophene rings is 1. The van der Waals surface area contributed by atoms with E-state index in [9.17, 15) is 4.79 Å². The van der Waals surface area contributed by atoms with Crippen LogP contribution < -0.4 is 4.90 Å². The van der Waals surface area contributed by atoms with Crippen LogP contribution in [0.3, 0.4) is 0 Å². The highest BCUT2D eigenvalue weighted by Gasteiger charge is 2.18. The maximum atomic E-state index is 13.0. The minimum absolute atomic E-state index is 0.0944. The van der Waals surface area contributed by atoms with E-state index >= 15 is 0 Å². The predicted octanol–water partition coefficient (Wildman–Crippen LogP) is 5.31. The summed E-state index contributed by atoms with van der Waals surface area (Å²) in [6.45, 7) is 2.49. The summed E-state index contributed by atoms with van der Waals surface area (Å²) in [7, 11) is 0. The summed E-state index contributed by atoms with van der Waals surface area (Å²) in [5.41, 5.74) is 3.05. The molecule has 4 nitrogen and oxygen atoms in total. The minimum Gasteiger partial charge on any atom is -0.280 e. The number of nitrogens with zero attached hydrogens (tertiary/aromatic N) is 3. The summed E-state index contributed by atoms with van der Waals surface area (Å²) in [6.07, 6.45) is 6.97. The van der Waals surface area contributed by atoms with Crippen molar-refractivity contribution in [3.05, 3.63) is 82.3 Å². The monoisotopic (exact) mass is 391 g/mol. The molecular formula is C21H17N3OS2. The standard InChI is InChI=1S/C21H17N3OS2/c1-15-6-8-18-19(12-15)27-21(23-18)24(14-16-4-2-10-22-13-16)20(25)9-7-17-5-3-11-26-17/h2-13H,14H2,1H3. The third-order valence-electron chi connectivity index (χ3n) is 4.03. The van der Waals surface area contributed by atoms with E-state index in [1.165, 1.54) is 16.9 Å². The second-order valence-electron chi connectivity index (χ2n) is 6.10. The van der Waals surface area contributed by atoms with E-state index in [0.717, 1.165) is 20.7 Å². The molecule has 3 aromatic heterocycles. The van der Waals surface area contributed by atoms with Crippen LogP contribution >= 0.6 is 22.7 Å². The molecule has 0 saturated carbocycles. The van der Waals surface area contributed by atoms with Crippen molar-refractivity contribution in [1.82, 2.24) is 9.97 Å². The van der Waals surface area contributed by atoms with Gasteiger partial charge >= 0.3 is 0 Å². The first kappa shape index (κ1) is 17.6. The van der Waals surface area contributed by atoms with E-state index in [1.54, 1.807) is 34.7 Å². The molecule has 0 radical (unpaired) electrons. The Hall–Kier alpha value is -2.83. The molecule has 0 unspecified atom stereocenters. The predicted molar refractivity (Wildman–Crippen MR) is 113 cm³/mol. The van der Waals surface area contributed by atoms with Crippen LogP contribution in [0.2, 0.25) is 0 Å². The van der Waals surface area contributed by atoms with Gasteiger partial charge in [-0.2, -0.15) is 0 Å². The Bertz CT molecular complexity index is 1090. The second-order valence-corrected chi connectivity index (χ2v) is 8.09. The number of hydrogen-bond donors (Lipinski definition) is 0. The van der Waals surface area contributed by atoms with Gasteiger partial charge in [0.2, 0.25) is 0 Å². The number of aromatic nitrogens is 2. The molecule has 0 aliphatic rings. The summed E-state index contributed by atoms with van der Waals surface area (Å²) >= 11 is 3.13. The first-order valence-corrected chi connectivity index (χ1v) is 10.2. The highest BCUT2D eigenvalue weighted by Crippen LogP contribution is 2.30. The van der Waals surface area contributed by atoms with Crippen LogP contribution in [0.5, 0.6) is 0 Å². The summed E-state index contributed by atoms with van der Waals surface area (Å²) in [6, 6.07) is 13.9. The Morgan fingerprint density at radius 2 is 2.15 bits per heavy atom. The lowest BCUT2D eigenvalue weighted by atomic mass is 10.2. The van der Waals surface area contributed by atoms with Crippen LogP contribution in [-0.2, 0) is 11.3 Å². The maximum absolute atomic E-state index is 13.0. The average molecular weight is 392 g/mol. The fourth-order valence-electron chi connectivity index (χ4n) is 2.68. The zero-order valence-corrected chi connectivity index (χ0v) is 16.3. The van der Waals surface area contributed by atoms with E-state index in [2.05, 4.69) is 23.0 Å². The number of thiazole rings is 1. The number of aryl methyl sites for hydroxylation is 1. The summed E-state index contributed by atoms with van der Waals surface area (Å²) in [4.78, 5) is 24.6. The van der Waals surface area contributed by atoms with Crippen LogP contribution in [0.4, 0.5) is 5.13 Å². The molecule has 1 amide bonds.